The molecular weight excluding hydrogens is 309 g/mol. The second-order valence-electron chi connectivity index (χ2n) is 6.06. The van der Waals surface area contributed by atoms with E-state index >= 15 is 0 Å². The number of rotatable bonds is 6. The fourth-order valence-corrected chi connectivity index (χ4v) is 3.10. The van der Waals surface area contributed by atoms with Crippen molar-refractivity contribution in [3.63, 3.8) is 0 Å². The number of benzene rings is 1. The minimum absolute atomic E-state index is 0.0607. The summed E-state index contributed by atoms with van der Waals surface area (Å²) in [6, 6.07) is 6.62. The lowest BCUT2D eigenvalue weighted by Crippen LogP contribution is -2.41. The first-order chi connectivity index (χ1) is 11.7. The highest BCUT2D eigenvalue weighted by molar-refractivity contribution is 5.75. The summed E-state index contributed by atoms with van der Waals surface area (Å²) in [4.78, 5) is 18.3. The quantitative estimate of drug-likeness (QED) is 0.876. The van der Waals surface area contributed by atoms with Crippen molar-refractivity contribution in [1.29, 1.82) is 0 Å². The number of nitrogens with zero attached hydrogens (tertiary/aromatic N) is 4. The van der Waals surface area contributed by atoms with Gasteiger partial charge in [-0.15, -0.1) is 0 Å². The first-order valence-corrected chi connectivity index (χ1v) is 8.31. The van der Waals surface area contributed by atoms with Crippen LogP contribution in [0, 0.1) is 5.82 Å². The van der Waals surface area contributed by atoms with Gasteiger partial charge in [-0.2, -0.15) is 5.10 Å². The zero-order valence-electron chi connectivity index (χ0n) is 13.6. The molecule has 0 radical (unpaired) electrons. The second-order valence-corrected chi connectivity index (χ2v) is 6.06. The molecule has 1 unspecified atom stereocenters. The van der Waals surface area contributed by atoms with Crippen molar-refractivity contribution in [2.75, 3.05) is 19.6 Å². The van der Waals surface area contributed by atoms with Crippen molar-refractivity contribution in [2.24, 2.45) is 0 Å². The first-order valence-electron chi connectivity index (χ1n) is 8.31. The Morgan fingerprint density at radius 3 is 2.62 bits per heavy atom. The van der Waals surface area contributed by atoms with Crippen LogP contribution in [0.25, 0.3) is 0 Å². The summed E-state index contributed by atoms with van der Waals surface area (Å²) in [5.74, 6) is -0.351. The number of aromatic nitrogens is 3. The SMILES string of the molecule is O=C(Cn1cncn1)NCC(c1ccc(F)cc1)N1CCCCC1. The number of hydrogen-bond acceptors (Lipinski definition) is 4. The maximum atomic E-state index is 13.2. The molecule has 0 aliphatic carbocycles. The van der Waals surface area contributed by atoms with Crippen molar-refractivity contribution in [3.05, 3.63) is 48.3 Å². The van der Waals surface area contributed by atoms with Gasteiger partial charge in [0.1, 0.15) is 25.0 Å². The molecule has 1 N–H and O–H groups in total. The molecule has 7 heteroatoms. The molecule has 1 aromatic carbocycles. The number of amides is 1. The molecule has 2 heterocycles. The topological polar surface area (TPSA) is 63.1 Å². The fourth-order valence-electron chi connectivity index (χ4n) is 3.10. The number of nitrogens with one attached hydrogen (secondary N) is 1. The van der Waals surface area contributed by atoms with Gasteiger partial charge in [0.2, 0.25) is 5.91 Å². The summed E-state index contributed by atoms with van der Waals surface area (Å²) in [6.07, 6.45) is 6.48. The first kappa shape index (κ1) is 16.6. The highest BCUT2D eigenvalue weighted by Crippen LogP contribution is 2.24. The zero-order valence-corrected chi connectivity index (χ0v) is 13.6. The predicted octanol–water partition coefficient (Wildman–Crippen LogP) is 1.76. The van der Waals surface area contributed by atoms with Gasteiger partial charge in [0.25, 0.3) is 0 Å². The van der Waals surface area contributed by atoms with E-state index in [-0.39, 0.29) is 24.3 Å². The standard InChI is InChI=1S/C17H22FN5O/c18-15-6-4-14(5-7-15)16(22-8-2-1-3-9-22)10-20-17(24)11-23-13-19-12-21-23/h4-7,12-13,16H,1-3,8-11H2,(H,20,24). The van der Waals surface area contributed by atoms with E-state index < -0.39 is 0 Å². The molecule has 2 aromatic rings. The van der Waals surface area contributed by atoms with Gasteiger partial charge >= 0.3 is 0 Å². The summed E-state index contributed by atoms with van der Waals surface area (Å²) < 4.78 is 14.7. The third-order valence-electron chi connectivity index (χ3n) is 4.35. The number of carbonyl (C=O) groups excluding carboxylic acids is 1. The number of likely N-dealkylation sites (tertiary alicyclic amines) is 1. The van der Waals surface area contributed by atoms with E-state index in [1.54, 1.807) is 12.1 Å². The summed E-state index contributed by atoms with van der Waals surface area (Å²) in [5, 5.41) is 6.90. The van der Waals surface area contributed by atoms with E-state index in [2.05, 4.69) is 20.3 Å². The van der Waals surface area contributed by atoms with Crippen LogP contribution in [0.4, 0.5) is 4.39 Å². The molecule has 3 rings (SSSR count). The Hall–Kier alpha value is -2.28. The Morgan fingerprint density at radius 1 is 1.21 bits per heavy atom. The summed E-state index contributed by atoms with van der Waals surface area (Å²) >= 11 is 0. The third-order valence-corrected chi connectivity index (χ3v) is 4.35. The maximum Gasteiger partial charge on any atom is 0.241 e. The number of hydrogen-bond donors (Lipinski definition) is 1. The molecule has 128 valence electrons. The smallest absolute Gasteiger partial charge is 0.241 e. The lowest BCUT2D eigenvalue weighted by Gasteiger charge is -2.35. The van der Waals surface area contributed by atoms with Crippen LogP contribution in [-0.2, 0) is 11.3 Å². The normalized spacial score (nSPS) is 16.7. The molecular formula is C17H22FN5O. The van der Waals surface area contributed by atoms with Crippen LogP contribution in [0.2, 0.25) is 0 Å². The molecule has 24 heavy (non-hydrogen) atoms. The Morgan fingerprint density at radius 2 is 1.96 bits per heavy atom. The molecule has 1 fully saturated rings. The monoisotopic (exact) mass is 331 g/mol. The predicted molar refractivity (Wildman–Crippen MR) is 87.6 cm³/mol. The van der Waals surface area contributed by atoms with Gasteiger partial charge in [-0.3, -0.25) is 9.69 Å². The van der Waals surface area contributed by atoms with E-state index in [9.17, 15) is 9.18 Å². The van der Waals surface area contributed by atoms with Gasteiger partial charge in [-0.1, -0.05) is 18.6 Å². The molecule has 1 saturated heterocycles. The Bertz CT molecular complexity index is 638. The van der Waals surface area contributed by atoms with Gasteiger partial charge in [0.05, 0.1) is 6.04 Å². The van der Waals surface area contributed by atoms with Crippen LogP contribution < -0.4 is 5.32 Å². The Labute approximate surface area is 140 Å². The average molecular weight is 331 g/mol. The van der Waals surface area contributed by atoms with Crippen molar-refractivity contribution >= 4 is 5.91 Å². The molecule has 6 nitrogen and oxygen atoms in total. The molecule has 1 aliphatic rings. The van der Waals surface area contributed by atoms with Crippen LogP contribution >= 0.6 is 0 Å². The number of piperidine rings is 1. The highest BCUT2D eigenvalue weighted by atomic mass is 19.1. The van der Waals surface area contributed by atoms with Gasteiger partial charge in [-0.25, -0.2) is 14.1 Å². The molecule has 1 atom stereocenters. The molecule has 0 saturated carbocycles. The summed E-state index contributed by atoms with van der Waals surface area (Å²) in [6.45, 7) is 2.65. The van der Waals surface area contributed by atoms with Crippen LogP contribution in [0.3, 0.4) is 0 Å². The Kier molecular flexibility index (Phi) is 5.53. The van der Waals surface area contributed by atoms with E-state index in [1.165, 1.54) is 35.9 Å². The molecule has 1 aliphatic heterocycles. The van der Waals surface area contributed by atoms with Crippen LogP contribution in [-0.4, -0.2) is 45.2 Å². The van der Waals surface area contributed by atoms with Gasteiger partial charge in [0, 0.05) is 6.54 Å². The Balaban J connectivity index is 1.65. The highest BCUT2D eigenvalue weighted by Gasteiger charge is 2.23. The van der Waals surface area contributed by atoms with Crippen LogP contribution in [0.15, 0.2) is 36.9 Å². The third kappa shape index (κ3) is 4.38. The maximum absolute atomic E-state index is 13.2. The van der Waals surface area contributed by atoms with Crippen LogP contribution in [0.1, 0.15) is 30.9 Å². The average Bonchev–Trinajstić information content (AvgIpc) is 3.10. The van der Waals surface area contributed by atoms with Crippen LogP contribution in [0.5, 0.6) is 0 Å². The largest absolute Gasteiger partial charge is 0.353 e. The van der Waals surface area contributed by atoms with Gasteiger partial charge in [-0.05, 0) is 43.6 Å². The van der Waals surface area contributed by atoms with Gasteiger partial charge < -0.3 is 5.32 Å². The van der Waals surface area contributed by atoms with E-state index in [0.29, 0.717) is 6.54 Å². The van der Waals surface area contributed by atoms with Crippen molar-refractivity contribution in [1.82, 2.24) is 25.0 Å². The summed E-state index contributed by atoms with van der Waals surface area (Å²) in [7, 11) is 0. The minimum atomic E-state index is -0.244. The lowest BCUT2D eigenvalue weighted by atomic mass is 10.0. The summed E-state index contributed by atoms with van der Waals surface area (Å²) in [5.41, 5.74) is 1.03. The van der Waals surface area contributed by atoms with E-state index in [1.807, 2.05) is 0 Å². The molecule has 1 aromatic heterocycles. The van der Waals surface area contributed by atoms with E-state index in [4.69, 9.17) is 0 Å². The number of halogens is 1. The molecule has 1 amide bonds. The number of carbonyl (C=O) groups is 1. The minimum Gasteiger partial charge on any atom is -0.353 e. The van der Waals surface area contributed by atoms with Crippen molar-refractivity contribution in [2.45, 2.75) is 31.8 Å². The second kappa shape index (κ2) is 8.01. The molecule has 0 spiro atoms. The van der Waals surface area contributed by atoms with E-state index in [0.717, 1.165) is 31.5 Å². The van der Waals surface area contributed by atoms with Crippen molar-refractivity contribution in [3.8, 4) is 0 Å². The van der Waals surface area contributed by atoms with Gasteiger partial charge in [0.15, 0.2) is 0 Å². The fraction of sp³-hybridized carbons (Fsp3) is 0.471. The lowest BCUT2D eigenvalue weighted by molar-refractivity contribution is -0.122. The zero-order chi connectivity index (χ0) is 16.8. The molecule has 0 bridgehead atoms. The van der Waals surface area contributed by atoms with Crippen molar-refractivity contribution < 1.29 is 9.18 Å².